The summed E-state index contributed by atoms with van der Waals surface area (Å²) in [5.41, 5.74) is 1.17. The number of nitrogens with zero attached hydrogens (tertiary/aromatic N) is 6. The van der Waals surface area contributed by atoms with Gasteiger partial charge in [0.15, 0.2) is 0 Å². The van der Waals surface area contributed by atoms with E-state index in [9.17, 15) is 31.6 Å². The molecule has 6 rings (SSSR count). The van der Waals surface area contributed by atoms with E-state index in [1.54, 1.807) is 91.0 Å². The summed E-state index contributed by atoms with van der Waals surface area (Å²) in [6.45, 7) is 0. The Kier molecular flexibility index (Phi) is 11.0. The fourth-order valence-corrected chi connectivity index (χ4v) is 4.98. The summed E-state index contributed by atoms with van der Waals surface area (Å²) < 4.78 is 36.4. The van der Waals surface area contributed by atoms with Gasteiger partial charge in [0.1, 0.15) is 88.2 Å². The van der Waals surface area contributed by atoms with Crippen LogP contribution in [0.15, 0.2) is 127 Å². The number of nitriles is 6. The zero-order chi connectivity index (χ0) is 38.6. The number of hydrogen-bond donors (Lipinski definition) is 0. The van der Waals surface area contributed by atoms with Crippen molar-refractivity contribution in [2.24, 2.45) is 0 Å². The van der Waals surface area contributed by atoms with Crippen LogP contribution >= 0.6 is 0 Å². The molecule has 0 radical (unpaired) electrons. The van der Waals surface area contributed by atoms with Crippen molar-refractivity contribution in [3.8, 4) is 88.2 Å². The predicted molar refractivity (Wildman–Crippen MR) is 195 cm³/mol. The fraction of sp³-hybridized carbons (Fsp3) is 0. The van der Waals surface area contributed by atoms with Gasteiger partial charge in [-0.15, -0.1) is 0 Å². The average Bonchev–Trinajstić information content (AvgIpc) is 3.21. The monoisotopic (exact) mass is 716 g/mol. The van der Waals surface area contributed by atoms with E-state index in [1.165, 1.54) is 36.4 Å². The summed E-state index contributed by atoms with van der Waals surface area (Å²) in [6.07, 6.45) is 0. The van der Waals surface area contributed by atoms with E-state index in [1.807, 2.05) is 36.4 Å². The molecule has 0 N–H and O–H groups in total. The van der Waals surface area contributed by atoms with Crippen molar-refractivity contribution in [1.82, 2.24) is 0 Å². The highest BCUT2D eigenvalue weighted by Gasteiger charge is 2.31. The van der Waals surface area contributed by atoms with Crippen LogP contribution < -0.4 is 28.2 Å². The molecule has 13 heteroatoms. The normalized spacial score (nSPS) is 9.71. The molecule has 6 aromatic carbocycles. The summed E-state index contributed by atoms with van der Waals surface area (Å²) in [4.78, 5) is 0. The average molecular weight is 716 g/mol. The predicted octanol–water partition coefficient (Wildman–Crippen LogP) is 8.82. The molecule has 258 valence electrons. The molecule has 0 atom stereocenters. The molecule has 0 aliphatic carbocycles. The Morgan fingerprint density at radius 1 is 0.291 bits per heavy atom. The molecular weight excluding hydrogens is 695 g/mol. The minimum atomic E-state index is -1.42. The van der Waals surface area contributed by atoms with Gasteiger partial charge in [-0.2, -0.15) is 31.6 Å². The van der Waals surface area contributed by atoms with Crippen molar-refractivity contribution < 1.29 is 28.2 Å². The van der Waals surface area contributed by atoms with Gasteiger partial charge < -0.3 is 28.2 Å². The van der Waals surface area contributed by atoms with Crippen LogP contribution in [-0.4, -0.2) is 7.32 Å². The van der Waals surface area contributed by atoms with Crippen molar-refractivity contribution in [1.29, 1.82) is 31.6 Å². The van der Waals surface area contributed by atoms with E-state index in [2.05, 4.69) is 0 Å². The van der Waals surface area contributed by atoms with Gasteiger partial charge in [0, 0.05) is 18.2 Å². The van der Waals surface area contributed by atoms with E-state index < -0.39 is 7.32 Å². The first-order chi connectivity index (χ1) is 26.9. The molecule has 0 unspecified atom stereocenters. The summed E-state index contributed by atoms with van der Waals surface area (Å²) >= 11 is 0. The van der Waals surface area contributed by atoms with Gasteiger partial charge in [0.25, 0.3) is 0 Å². The molecule has 55 heavy (non-hydrogen) atoms. The Labute approximate surface area is 315 Å². The lowest BCUT2D eigenvalue weighted by atomic mass is 10.1. The third-order valence-electron chi connectivity index (χ3n) is 7.52. The Morgan fingerprint density at radius 3 is 0.818 bits per heavy atom. The van der Waals surface area contributed by atoms with Crippen LogP contribution in [0.3, 0.4) is 0 Å². The summed E-state index contributed by atoms with van der Waals surface area (Å²) in [5.74, 6) is 2.90. The fourth-order valence-electron chi connectivity index (χ4n) is 4.98. The minimum absolute atomic E-state index is 0.168. The maximum atomic E-state index is 9.42. The zero-order valence-electron chi connectivity index (χ0n) is 28.3. The van der Waals surface area contributed by atoms with E-state index >= 15 is 0 Å². The van der Waals surface area contributed by atoms with Crippen LogP contribution in [0, 0.1) is 68.0 Å². The molecule has 12 nitrogen and oxygen atoms in total. The van der Waals surface area contributed by atoms with Crippen LogP contribution in [-0.2, 0) is 0 Å². The van der Waals surface area contributed by atoms with Gasteiger partial charge in [-0.05, 0) is 91.0 Å². The molecule has 0 aromatic heterocycles. The number of rotatable bonds is 12. The van der Waals surface area contributed by atoms with Crippen molar-refractivity contribution in [3.05, 3.63) is 161 Å². The highest BCUT2D eigenvalue weighted by molar-refractivity contribution is 6.39. The van der Waals surface area contributed by atoms with Gasteiger partial charge in [-0.1, -0.05) is 18.2 Å². The molecule has 0 bridgehead atoms. The van der Waals surface area contributed by atoms with E-state index in [0.717, 1.165) is 0 Å². The Morgan fingerprint density at radius 2 is 0.545 bits per heavy atom. The lowest BCUT2D eigenvalue weighted by Crippen LogP contribution is -2.37. The molecule has 0 aliphatic heterocycles. The van der Waals surface area contributed by atoms with E-state index in [-0.39, 0.29) is 50.6 Å². The first-order valence-electron chi connectivity index (χ1n) is 16.1. The van der Waals surface area contributed by atoms with Gasteiger partial charge in [-0.3, -0.25) is 0 Å². The summed E-state index contributed by atoms with van der Waals surface area (Å²) in [7, 11) is -1.42. The molecule has 0 spiro atoms. The van der Waals surface area contributed by atoms with Gasteiger partial charge in [0.2, 0.25) is 0 Å². The zero-order valence-corrected chi connectivity index (χ0v) is 28.3. The molecule has 0 saturated carbocycles. The smallest absolute Gasteiger partial charge is 0.489 e. The van der Waals surface area contributed by atoms with Crippen molar-refractivity contribution >= 4 is 7.32 Å². The van der Waals surface area contributed by atoms with Gasteiger partial charge in [-0.25, -0.2) is 0 Å². The van der Waals surface area contributed by atoms with Gasteiger partial charge >= 0.3 is 7.32 Å². The molecular formula is C42H21BN6O6. The Bertz CT molecular complexity index is 2390. The Balaban J connectivity index is 1.26. The number of benzene rings is 6. The third-order valence-corrected chi connectivity index (χ3v) is 7.52. The first-order valence-corrected chi connectivity index (χ1v) is 16.1. The maximum absolute atomic E-state index is 9.42. The lowest BCUT2D eigenvalue weighted by Gasteiger charge is -2.18. The van der Waals surface area contributed by atoms with Crippen LogP contribution in [0.5, 0.6) is 51.7 Å². The van der Waals surface area contributed by atoms with Crippen molar-refractivity contribution in [3.63, 3.8) is 0 Å². The first kappa shape index (κ1) is 35.9. The second-order valence-electron chi connectivity index (χ2n) is 11.2. The standard InChI is InChI=1S/C42H21BN6O6/c44-22-28-10-13-37(16-31(28)25-47)50-34-4-1-7-40(19-34)53-43(54-41-8-2-5-35(20-41)51-38-14-11-29(23-45)32(17-38)26-48)55-42-9-3-6-36(21-42)52-39-15-12-30(24-46)33(18-39)27-49/h1-21H. The summed E-state index contributed by atoms with van der Waals surface area (Å²) in [5, 5.41) is 56.1. The third kappa shape index (κ3) is 9.08. The Hall–Kier alpha value is -8.88. The minimum Gasteiger partial charge on any atom is -0.489 e. The summed E-state index contributed by atoms with van der Waals surface area (Å²) in [6, 6.07) is 45.2. The van der Waals surface area contributed by atoms with Crippen molar-refractivity contribution in [2.45, 2.75) is 0 Å². The largest absolute Gasteiger partial charge is 0.864 e. The SMILES string of the molecule is N#Cc1ccc(Oc2cccc(OB(Oc3cccc(Oc4ccc(C#N)c(C#N)c4)c3)Oc3cccc(Oc4ccc(C#N)c(C#N)c4)c3)c2)cc1C#N. The second-order valence-corrected chi connectivity index (χ2v) is 11.2. The molecule has 0 saturated heterocycles. The van der Waals surface area contributed by atoms with Crippen molar-refractivity contribution in [2.75, 3.05) is 0 Å². The van der Waals surface area contributed by atoms with Crippen LogP contribution in [0.2, 0.25) is 0 Å². The molecule has 0 fully saturated rings. The maximum Gasteiger partial charge on any atom is 0.864 e. The van der Waals surface area contributed by atoms with Crippen LogP contribution in [0.4, 0.5) is 0 Å². The van der Waals surface area contributed by atoms with E-state index in [0.29, 0.717) is 34.5 Å². The number of hydrogen-bond acceptors (Lipinski definition) is 12. The topological polar surface area (TPSA) is 198 Å². The molecule has 0 amide bonds. The molecule has 0 aliphatic rings. The molecule has 6 aromatic rings. The highest BCUT2D eigenvalue weighted by Crippen LogP contribution is 2.31. The second kappa shape index (κ2) is 16.9. The lowest BCUT2D eigenvalue weighted by molar-refractivity contribution is 0.305. The highest BCUT2D eigenvalue weighted by atomic mass is 16.7. The van der Waals surface area contributed by atoms with Crippen LogP contribution in [0.25, 0.3) is 0 Å². The molecule has 0 heterocycles. The quantitative estimate of drug-likeness (QED) is 0.109. The number of ether oxygens (including phenoxy) is 3. The van der Waals surface area contributed by atoms with E-state index in [4.69, 9.17) is 28.2 Å². The van der Waals surface area contributed by atoms with Gasteiger partial charge in [0.05, 0.1) is 33.4 Å². The van der Waals surface area contributed by atoms with Crippen LogP contribution in [0.1, 0.15) is 33.4 Å².